The molecule has 3 aromatic rings. The van der Waals surface area contributed by atoms with Crippen LogP contribution in [0.4, 0.5) is 4.39 Å². The Balaban J connectivity index is 1.39. The summed E-state index contributed by atoms with van der Waals surface area (Å²) < 4.78 is 22.0. The van der Waals surface area contributed by atoms with E-state index in [1.807, 2.05) is 25.3 Å². The van der Waals surface area contributed by atoms with E-state index in [2.05, 4.69) is 10.4 Å². The summed E-state index contributed by atoms with van der Waals surface area (Å²) in [5.74, 6) is 0.175. The number of ketones is 1. The van der Waals surface area contributed by atoms with Crippen molar-refractivity contribution in [3.63, 3.8) is 0 Å². The number of nitrogens with zero attached hydrogens (tertiary/aromatic N) is 2. The molecule has 0 fully saturated rings. The van der Waals surface area contributed by atoms with Crippen LogP contribution in [-0.4, -0.2) is 34.1 Å². The Morgan fingerprint density at radius 1 is 1.33 bits per heavy atom. The van der Waals surface area contributed by atoms with Crippen molar-refractivity contribution in [2.24, 2.45) is 0 Å². The fraction of sp³-hybridized carbons (Fsp3) is 0.318. The molecule has 1 amide bonds. The molecule has 1 aromatic carbocycles. The minimum Gasteiger partial charge on any atom is -0.487 e. The molecule has 4 rings (SSSR count). The van der Waals surface area contributed by atoms with Crippen LogP contribution in [-0.2, 0) is 17.8 Å². The van der Waals surface area contributed by atoms with Crippen LogP contribution in [0.1, 0.15) is 34.3 Å². The van der Waals surface area contributed by atoms with Crippen LogP contribution in [0.25, 0.3) is 10.4 Å². The summed E-state index contributed by atoms with van der Waals surface area (Å²) in [6.45, 7) is 4.27. The number of hydrogen-bond acceptors (Lipinski definition) is 5. The van der Waals surface area contributed by atoms with E-state index in [4.69, 9.17) is 4.74 Å². The Morgan fingerprint density at radius 2 is 2.17 bits per heavy atom. The fourth-order valence-corrected chi connectivity index (χ4v) is 4.40. The molecule has 0 spiro atoms. The van der Waals surface area contributed by atoms with E-state index in [0.717, 1.165) is 16.1 Å². The molecule has 0 aliphatic carbocycles. The van der Waals surface area contributed by atoms with E-state index in [-0.39, 0.29) is 23.6 Å². The molecule has 30 heavy (non-hydrogen) atoms. The molecule has 156 valence electrons. The third kappa shape index (κ3) is 4.43. The van der Waals surface area contributed by atoms with Gasteiger partial charge in [0, 0.05) is 41.6 Å². The topological polar surface area (TPSA) is 73.2 Å². The number of benzene rings is 1. The Morgan fingerprint density at radius 3 is 2.87 bits per heavy atom. The molecule has 0 saturated heterocycles. The van der Waals surface area contributed by atoms with Crippen LogP contribution in [0.15, 0.2) is 36.5 Å². The van der Waals surface area contributed by atoms with Crippen molar-refractivity contribution in [1.82, 2.24) is 15.1 Å². The van der Waals surface area contributed by atoms with Gasteiger partial charge in [0.05, 0.1) is 17.1 Å². The molecule has 0 saturated carbocycles. The lowest BCUT2D eigenvalue weighted by Crippen LogP contribution is -2.34. The van der Waals surface area contributed by atoms with Crippen molar-refractivity contribution in [3.8, 4) is 16.2 Å². The predicted octanol–water partition coefficient (Wildman–Crippen LogP) is 3.77. The summed E-state index contributed by atoms with van der Waals surface area (Å²) in [5.41, 5.74) is 2.33. The summed E-state index contributed by atoms with van der Waals surface area (Å²) in [7, 11) is 0. The summed E-state index contributed by atoms with van der Waals surface area (Å²) in [6, 6.07) is 8.35. The standard InChI is InChI=1S/C22H22FN3O3S/c1-13-5-7-26(25-13)8-6-21(28)24-12-17-10-15-9-16(23)11-18(22(15)29-17)20-4-3-19(30-20)14(2)27/h3-5,7,9,11,17H,6,8,10,12H2,1-2H3,(H,24,28)/t17-/m1/s1. The summed E-state index contributed by atoms with van der Waals surface area (Å²) in [6.07, 6.45) is 2.42. The monoisotopic (exact) mass is 427 g/mol. The van der Waals surface area contributed by atoms with Gasteiger partial charge in [0.15, 0.2) is 5.78 Å². The number of nitrogens with one attached hydrogen (secondary N) is 1. The van der Waals surface area contributed by atoms with Crippen LogP contribution < -0.4 is 10.1 Å². The number of aromatic nitrogens is 2. The molecule has 0 unspecified atom stereocenters. The molecule has 1 atom stereocenters. The second kappa shape index (κ2) is 8.39. The number of ether oxygens (including phenoxy) is 1. The number of hydrogen-bond donors (Lipinski definition) is 1. The summed E-state index contributed by atoms with van der Waals surface area (Å²) >= 11 is 1.32. The van der Waals surface area contributed by atoms with Gasteiger partial charge in [-0.3, -0.25) is 14.3 Å². The van der Waals surface area contributed by atoms with Crippen LogP contribution in [0.2, 0.25) is 0 Å². The van der Waals surface area contributed by atoms with Gasteiger partial charge in [-0.05, 0) is 44.2 Å². The maximum Gasteiger partial charge on any atom is 0.221 e. The van der Waals surface area contributed by atoms with Crippen LogP contribution >= 0.6 is 11.3 Å². The Hall–Kier alpha value is -3.00. The fourth-order valence-electron chi connectivity index (χ4n) is 3.48. The number of carbonyl (C=O) groups excluding carboxylic acids is 2. The number of amides is 1. The van der Waals surface area contributed by atoms with Gasteiger partial charge in [-0.1, -0.05) is 0 Å². The molecule has 2 aromatic heterocycles. The van der Waals surface area contributed by atoms with Crippen molar-refractivity contribution in [3.05, 3.63) is 58.5 Å². The molecular weight excluding hydrogens is 405 g/mol. The molecule has 8 heteroatoms. The number of Topliss-reactive ketones (excluding diaryl/α,β-unsaturated/α-hetero) is 1. The van der Waals surface area contributed by atoms with E-state index in [0.29, 0.717) is 42.1 Å². The third-order valence-corrected chi connectivity index (χ3v) is 6.17. The second-order valence-electron chi connectivity index (χ2n) is 7.38. The van der Waals surface area contributed by atoms with Gasteiger partial charge in [0.1, 0.15) is 17.7 Å². The maximum atomic E-state index is 14.2. The molecule has 1 aliphatic rings. The first-order valence-corrected chi connectivity index (χ1v) is 10.6. The number of rotatable bonds is 7. The molecule has 3 heterocycles. The first-order chi connectivity index (χ1) is 14.4. The van der Waals surface area contributed by atoms with Crippen LogP contribution in [0, 0.1) is 12.7 Å². The molecular formula is C22H22FN3O3S. The highest BCUT2D eigenvalue weighted by Gasteiger charge is 2.28. The largest absolute Gasteiger partial charge is 0.487 e. The minimum atomic E-state index is -0.343. The number of carbonyl (C=O) groups is 2. The second-order valence-corrected chi connectivity index (χ2v) is 8.46. The highest BCUT2D eigenvalue weighted by Crippen LogP contribution is 2.42. The Kier molecular flexibility index (Phi) is 5.67. The molecule has 6 nitrogen and oxygen atoms in total. The summed E-state index contributed by atoms with van der Waals surface area (Å²) in [4.78, 5) is 25.2. The van der Waals surface area contributed by atoms with E-state index >= 15 is 0 Å². The van der Waals surface area contributed by atoms with Crippen LogP contribution in [0.5, 0.6) is 5.75 Å². The number of aryl methyl sites for hydroxylation is 2. The lowest BCUT2D eigenvalue weighted by molar-refractivity contribution is -0.121. The van der Waals surface area contributed by atoms with E-state index in [1.54, 1.807) is 10.7 Å². The lowest BCUT2D eigenvalue weighted by atomic mass is 10.0. The normalized spacial score (nSPS) is 15.0. The molecule has 0 radical (unpaired) electrons. The van der Waals surface area contributed by atoms with Gasteiger partial charge < -0.3 is 10.1 Å². The van der Waals surface area contributed by atoms with Gasteiger partial charge in [-0.25, -0.2) is 4.39 Å². The summed E-state index contributed by atoms with van der Waals surface area (Å²) in [5, 5.41) is 7.15. The van der Waals surface area contributed by atoms with Crippen molar-refractivity contribution >= 4 is 23.0 Å². The van der Waals surface area contributed by atoms with Gasteiger partial charge in [0.2, 0.25) is 5.91 Å². The van der Waals surface area contributed by atoms with Crippen LogP contribution in [0.3, 0.4) is 0 Å². The maximum absolute atomic E-state index is 14.2. The smallest absolute Gasteiger partial charge is 0.221 e. The first-order valence-electron chi connectivity index (χ1n) is 9.76. The van der Waals surface area contributed by atoms with Crippen molar-refractivity contribution in [1.29, 1.82) is 0 Å². The van der Waals surface area contributed by atoms with E-state index < -0.39 is 0 Å². The number of thiophene rings is 1. The predicted molar refractivity (Wildman–Crippen MR) is 112 cm³/mol. The highest BCUT2D eigenvalue weighted by atomic mass is 32.1. The Labute approximate surface area is 177 Å². The van der Waals surface area contributed by atoms with Gasteiger partial charge in [-0.15, -0.1) is 11.3 Å². The zero-order valence-corrected chi connectivity index (χ0v) is 17.6. The van der Waals surface area contributed by atoms with Crippen molar-refractivity contribution < 1.29 is 18.7 Å². The molecule has 0 bridgehead atoms. The zero-order chi connectivity index (χ0) is 21.3. The average molecular weight is 428 g/mol. The van der Waals surface area contributed by atoms with Gasteiger partial charge in [-0.2, -0.15) is 5.10 Å². The number of halogens is 1. The van der Waals surface area contributed by atoms with E-state index in [9.17, 15) is 14.0 Å². The zero-order valence-electron chi connectivity index (χ0n) is 16.8. The quantitative estimate of drug-likeness (QED) is 0.583. The van der Waals surface area contributed by atoms with Crippen molar-refractivity contribution in [2.45, 2.75) is 39.3 Å². The number of fused-ring (bicyclic) bond motifs is 1. The van der Waals surface area contributed by atoms with Gasteiger partial charge >= 0.3 is 0 Å². The highest BCUT2D eigenvalue weighted by molar-refractivity contribution is 7.17. The van der Waals surface area contributed by atoms with Gasteiger partial charge in [0.25, 0.3) is 0 Å². The average Bonchev–Trinajstić information content (AvgIpc) is 3.43. The van der Waals surface area contributed by atoms with Crippen molar-refractivity contribution in [2.75, 3.05) is 6.54 Å². The Bertz CT molecular complexity index is 1100. The molecule has 1 N–H and O–H groups in total. The third-order valence-electron chi connectivity index (χ3n) is 4.95. The minimum absolute atomic E-state index is 0.0222. The van der Waals surface area contributed by atoms with E-state index in [1.165, 1.54) is 30.4 Å². The SMILES string of the molecule is CC(=O)c1ccc(-c2cc(F)cc3c2O[C@@H](CNC(=O)CCn2ccc(C)n2)C3)s1. The molecule has 1 aliphatic heterocycles. The first kappa shape index (κ1) is 20.3. The lowest BCUT2D eigenvalue weighted by Gasteiger charge is -2.13.